The van der Waals surface area contributed by atoms with Gasteiger partial charge < -0.3 is 20.9 Å². The predicted octanol–water partition coefficient (Wildman–Crippen LogP) is 1.24. The lowest BCUT2D eigenvalue weighted by Gasteiger charge is -2.34. The van der Waals surface area contributed by atoms with Crippen molar-refractivity contribution in [3.8, 4) is 0 Å². The zero-order chi connectivity index (χ0) is 15.3. The van der Waals surface area contributed by atoms with Crippen LogP contribution in [0.25, 0.3) is 0 Å². The van der Waals surface area contributed by atoms with Gasteiger partial charge in [-0.15, -0.1) is 0 Å². The van der Waals surface area contributed by atoms with Crippen LogP contribution in [0, 0.1) is 5.41 Å². The zero-order valence-electron chi connectivity index (χ0n) is 11.8. The Morgan fingerprint density at radius 1 is 1.33 bits per heavy atom. The Kier molecular flexibility index (Phi) is 5.27. The first-order chi connectivity index (χ1) is 10.1. The lowest BCUT2D eigenvalue weighted by molar-refractivity contribution is -0.126. The summed E-state index contributed by atoms with van der Waals surface area (Å²) in [6.07, 6.45) is 1.62. The number of benzene rings is 1. The molecule has 1 fully saturated rings. The van der Waals surface area contributed by atoms with E-state index in [1.807, 2.05) is 24.3 Å². The summed E-state index contributed by atoms with van der Waals surface area (Å²) in [4.78, 5) is 12.8. The molecule has 0 radical (unpaired) electrons. The van der Waals surface area contributed by atoms with E-state index in [2.05, 4.69) is 5.32 Å². The van der Waals surface area contributed by atoms with Crippen molar-refractivity contribution in [3.05, 3.63) is 29.8 Å². The number of carbonyl (C=O) groups is 1. The van der Waals surface area contributed by atoms with Gasteiger partial charge in [0.25, 0.3) is 0 Å². The molecule has 0 aliphatic carbocycles. The third-order valence-electron chi connectivity index (χ3n) is 3.86. The van der Waals surface area contributed by atoms with Crippen molar-refractivity contribution in [3.63, 3.8) is 0 Å². The molecule has 4 N–H and O–H groups in total. The molecular formula is C15H20N2O3S. The average Bonchev–Trinajstić information content (AvgIpc) is 2.50. The molecule has 0 atom stereocenters. The van der Waals surface area contributed by atoms with Crippen molar-refractivity contribution in [2.24, 2.45) is 11.1 Å². The van der Waals surface area contributed by atoms with Gasteiger partial charge in [-0.3, -0.25) is 4.79 Å². The summed E-state index contributed by atoms with van der Waals surface area (Å²) < 4.78 is 5.30. The minimum atomic E-state index is -0.822. The number of aliphatic hydroxyl groups excluding tert-OH is 1. The van der Waals surface area contributed by atoms with Crippen LogP contribution in [0.15, 0.2) is 24.3 Å². The topological polar surface area (TPSA) is 84.6 Å². The summed E-state index contributed by atoms with van der Waals surface area (Å²) >= 11 is 5.11. The molecule has 6 heteroatoms. The molecule has 21 heavy (non-hydrogen) atoms. The fourth-order valence-electron chi connectivity index (χ4n) is 2.44. The Morgan fingerprint density at radius 2 is 1.95 bits per heavy atom. The van der Waals surface area contributed by atoms with Crippen LogP contribution in [0.1, 0.15) is 18.4 Å². The molecule has 5 nitrogen and oxygen atoms in total. The number of ether oxygens (including phenoxy) is 1. The molecule has 1 aromatic rings. The molecule has 114 valence electrons. The van der Waals surface area contributed by atoms with Gasteiger partial charge >= 0.3 is 0 Å². The van der Waals surface area contributed by atoms with Crippen molar-refractivity contribution in [1.82, 2.24) is 0 Å². The van der Waals surface area contributed by atoms with E-state index in [0.29, 0.717) is 38.2 Å². The van der Waals surface area contributed by atoms with Crippen molar-refractivity contribution in [2.75, 3.05) is 25.1 Å². The highest BCUT2D eigenvalue weighted by Crippen LogP contribution is 2.32. The van der Waals surface area contributed by atoms with Crippen molar-refractivity contribution in [2.45, 2.75) is 19.3 Å². The van der Waals surface area contributed by atoms with Crippen molar-refractivity contribution >= 4 is 28.8 Å². The largest absolute Gasteiger partial charge is 0.396 e. The van der Waals surface area contributed by atoms with Gasteiger partial charge in [-0.2, -0.15) is 0 Å². The minimum absolute atomic E-state index is 0.107. The minimum Gasteiger partial charge on any atom is -0.396 e. The molecule has 1 amide bonds. The third kappa shape index (κ3) is 3.58. The lowest BCUT2D eigenvalue weighted by Crippen LogP contribution is -2.49. The summed E-state index contributed by atoms with van der Waals surface area (Å²) in [6.45, 7) is 1.08. The van der Waals surface area contributed by atoms with Gasteiger partial charge in [0.15, 0.2) is 0 Å². The quantitative estimate of drug-likeness (QED) is 0.713. The van der Waals surface area contributed by atoms with E-state index in [4.69, 9.17) is 27.8 Å². The standard InChI is InChI=1S/C15H20N2O3S/c16-13(21)15(6-9-20-10-7-15)14(19)17-12-3-1-11(2-4-12)5-8-18/h1-4,18H,5-10H2,(H2,16,21)(H,17,19). The fourth-order valence-corrected chi connectivity index (χ4v) is 2.74. The SMILES string of the molecule is NC(=S)C1(C(=O)Nc2ccc(CCO)cc2)CCOCC1. The van der Waals surface area contributed by atoms with Gasteiger partial charge in [0.2, 0.25) is 5.91 Å². The summed E-state index contributed by atoms with van der Waals surface area (Å²) in [5.74, 6) is -0.173. The van der Waals surface area contributed by atoms with E-state index in [0.717, 1.165) is 5.56 Å². The molecule has 0 aromatic heterocycles. The summed E-state index contributed by atoms with van der Waals surface area (Å²) in [7, 11) is 0. The van der Waals surface area contributed by atoms with Crippen LogP contribution in [0.3, 0.4) is 0 Å². The molecule has 0 spiro atoms. The van der Waals surface area contributed by atoms with Crippen LogP contribution < -0.4 is 11.1 Å². The van der Waals surface area contributed by atoms with Crippen LogP contribution in [0.5, 0.6) is 0 Å². The maximum Gasteiger partial charge on any atom is 0.237 e. The second kappa shape index (κ2) is 6.98. The van der Waals surface area contributed by atoms with E-state index in [9.17, 15) is 4.79 Å². The molecule has 1 aliphatic rings. The molecule has 0 unspecified atom stereocenters. The molecule has 0 bridgehead atoms. The number of carbonyl (C=O) groups excluding carboxylic acids is 1. The van der Waals surface area contributed by atoms with Gasteiger partial charge in [0, 0.05) is 25.5 Å². The summed E-state index contributed by atoms with van der Waals surface area (Å²) in [5, 5.41) is 11.8. The summed E-state index contributed by atoms with van der Waals surface area (Å²) in [6, 6.07) is 7.39. The first-order valence-corrected chi connectivity index (χ1v) is 7.38. The maximum absolute atomic E-state index is 12.6. The lowest BCUT2D eigenvalue weighted by atomic mass is 9.79. The molecular weight excluding hydrogens is 288 g/mol. The number of thiocarbonyl (C=S) groups is 1. The molecule has 0 saturated carbocycles. The van der Waals surface area contributed by atoms with Gasteiger partial charge in [-0.05, 0) is 37.0 Å². The smallest absolute Gasteiger partial charge is 0.237 e. The first-order valence-electron chi connectivity index (χ1n) is 6.97. The highest BCUT2D eigenvalue weighted by molar-refractivity contribution is 7.80. The molecule has 1 aliphatic heterocycles. The van der Waals surface area contributed by atoms with E-state index in [-0.39, 0.29) is 17.5 Å². The monoisotopic (exact) mass is 308 g/mol. The number of rotatable bonds is 5. The van der Waals surface area contributed by atoms with Crippen LogP contribution in [-0.2, 0) is 16.0 Å². The van der Waals surface area contributed by atoms with E-state index >= 15 is 0 Å². The number of amides is 1. The van der Waals surface area contributed by atoms with Gasteiger partial charge in [-0.25, -0.2) is 0 Å². The van der Waals surface area contributed by atoms with Gasteiger partial charge in [0.05, 0.1) is 4.99 Å². The molecule has 2 rings (SSSR count). The van der Waals surface area contributed by atoms with Crippen molar-refractivity contribution < 1.29 is 14.6 Å². The zero-order valence-corrected chi connectivity index (χ0v) is 12.6. The predicted molar refractivity (Wildman–Crippen MR) is 85.1 cm³/mol. The normalized spacial score (nSPS) is 17.2. The average molecular weight is 308 g/mol. The number of hydrogen-bond donors (Lipinski definition) is 3. The Bertz CT molecular complexity index is 510. The van der Waals surface area contributed by atoms with E-state index in [1.165, 1.54) is 0 Å². The van der Waals surface area contributed by atoms with Gasteiger partial charge in [0.1, 0.15) is 5.41 Å². The highest BCUT2D eigenvalue weighted by Gasteiger charge is 2.42. The van der Waals surface area contributed by atoms with Crippen LogP contribution in [-0.4, -0.2) is 35.8 Å². The Labute approximate surface area is 129 Å². The van der Waals surface area contributed by atoms with E-state index < -0.39 is 5.41 Å². The number of anilines is 1. The molecule has 1 heterocycles. The Morgan fingerprint density at radius 3 is 2.48 bits per heavy atom. The maximum atomic E-state index is 12.6. The van der Waals surface area contributed by atoms with Crippen LogP contribution in [0.2, 0.25) is 0 Å². The van der Waals surface area contributed by atoms with Crippen molar-refractivity contribution in [1.29, 1.82) is 0 Å². The Hall–Kier alpha value is -1.50. The summed E-state index contributed by atoms with van der Waals surface area (Å²) in [5.41, 5.74) is 6.70. The molecule has 1 saturated heterocycles. The number of hydrogen-bond acceptors (Lipinski definition) is 4. The van der Waals surface area contributed by atoms with E-state index in [1.54, 1.807) is 0 Å². The first kappa shape index (κ1) is 15.9. The second-order valence-electron chi connectivity index (χ2n) is 5.18. The highest BCUT2D eigenvalue weighted by atomic mass is 32.1. The Balaban J connectivity index is 2.09. The second-order valence-corrected chi connectivity index (χ2v) is 5.62. The van der Waals surface area contributed by atoms with Crippen LogP contribution in [0.4, 0.5) is 5.69 Å². The molecule has 1 aromatic carbocycles. The fraction of sp³-hybridized carbons (Fsp3) is 0.467. The van der Waals surface area contributed by atoms with Gasteiger partial charge in [-0.1, -0.05) is 24.4 Å². The van der Waals surface area contributed by atoms with Crippen LogP contribution >= 0.6 is 12.2 Å². The third-order valence-corrected chi connectivity index (χ3v) is 4.26. The number of nitrogens with two attached hydrogens (primary N) is 1. The number of aliphatic hydroxyl groups is 1. The number of nitrogens with one attached hydrogen (secondary N) is 1.